The van der Waals surface area contributed by atoms with Crippen molar-refractivity contribution in [1.82, 2.24) is 0 Å². The van der Waals surface area contributed by atoms with E-state index < -0.39 is 0 Å². The molecular weight excluding hydrogens is 155 g/mol. The Balaban J connectivity index is 3.12. The largest absolute Gasteiger partial charge is 0.399 e. The molecular formula is C9H11FN2. The molecule has 0 aliphatic rings. The highest BCUT2D eigenvalue weighted by Gasteiger charge is 2.02. The minimum Gasteiger partial charge on any atom is -0.399 e. The van der Waals surface area contributed by atoms with Gasteiger partial charge in [-0.2, -0.15) is 0 Å². The number of nitrogens with one attached hydrogen (secondary N) is 1. The molecule has 0 bridgehead atoms. The smallest absolute Gasteiger partial charge is 0.134 e. The Hall–Kier alpha value is -1.51. The van der Waals surface area contributed by atoms with Crippen LogP contribution in [-0.4, -0.2) is 7.05 Å². The first kappa shape index (κ1) is 8.59. The highest BCUT2D eigenvalue weighted by Crippen LogP contribution is 2.17. The Labute approximate surface area is 70.9 Å². The van der Waals surface area contributed by atoms with Crippen molar-refractivity contribution in [2.75, 3.05) is 12.4 Å². The zero-order chi connectivity index (χ0) is 9.14. The van der Waals surface area contributed by atoms with Gasteiger partial charge in [-0.3, -0.25) is 0 Å². The Morgan fingerprint density at radius 2 is 2.25 bits per heavy atom. The third-order valence-electron chi connectivity index (χ3n) is 1.60. The van der Waals surface area contributed by atoms with Gasteiger partial charge in [0.2, 0.25) is 0 Å². The SMILES string of the molecule is C=C(N)c1ccc(NC)cc1F. The van der Waals surface area contributed by atoms with Gasteiger partial charge in [-0.05, 0) is 18.2 Å². The summed E-state index contributed by atoms with van der Waals surface area (Å²) in [5, 5.41) is 2.82. The number of rotatable bonds is 2. The summed E-state index contributed by atoms with van der Waals surface area (Å²) in [7, 11) is 1.73. The van der Waals surface area contributed by atoms with Crippen LogP contribution in [-0.2, 0) is 0 Å². The van der Waals surface area contributed by atoms with Crippen LogP contribution in [0.15, 0.2) is 24.8 Å². The fourth-order valence-electron chi connectivity index (χ4n) is 0.931. The molecule has 1 aromatic carbocycles. The molecule has 12 heavy (non-hydrogen) atoms. The predicted molar refractivity (Wildman–Crippen MR) is 49.2 cm³/mol. The van der Waals surface area contributed by atoms with E-state index in [0.717, 1.165) is 5.69 Å². The minimum atomic E-state index is -0.352. The van der Waals surface area contributed by atoms with E-state index in [1.807, 2.05) is 0 Å². The van der Waals surface area contributed by atoms with Gasteiger partial charge in [-0.25, -0.2) is 4.39 Å². The number of benzene rings is 1. The van der Waals surface area contributed by atoms with Crippen LogP contribution in [0.25, 0.3) is 5.70 Å². The van der Waals surface area contributed by atoms with Crippen LogP contribution < -0.4 is 11.1 Å². The highest BCUT2D eigenvalue weighted by molar-refractivity contribution is 5.63. The molecule has 0 heterocycles. The van der Waals surface area contributed by atoms with E-state index in [9.17, 15) is 4.39 Å². The third-order valence-corrected chi connectivity index (χ3v) is 1.60. The van der Waals surface area contributed by atoms with E-state index in [2.05, 4.69) is 11.9 Å². The summed E-state index contributed by atoms with van der Waals surface area (Å²) in [4.78, 5) is 0. The Kier molecular flexibility index (Phi) is 2.33. The zero-order valence-electron chi connectivity index (χ0n) is 6.89. The Morgan fingerprint density at radius 3 is 2.67 bits per heavy atom. The lowest BCUT2D eigenvalue weighted by Gasteiger charge is -2.04. The molecule has 0 atom stereocenters. The standard InChI is InChI=1S/C9H11FN2/c1-6(11)8-4-3-7(12-2)5-9(8)10/h3-5,12H,1,11H2,2H3. The van der Waals surface area contributed by atoms with E-state index in [-0.39, 0.29) is 11.5 Å². The maximum Gasteiger partial charge on any atom is 0.134 e. The molecule has 0 fully saturated rings. The maximum absolute atomic E-state index is 13.1. The number of hydrogen-bond acceptors (Lipinski definition) is 2. The second kappa shape index (κ2) is 3.26. The minimum absolute atomic E-state index is 0.246. The molecule has 64 valence electrons. The second-order valence-electron chi connectivity index (χ2n) is 2.47. The molecule has 1 aromatic rings. The van der Waals surface area contributed by atoms with E-state index in [1.165, 1.54) is 6.07 Å². The van der Waals surface area contributed by atoms with Crippen LogP contribution in [0.1, 0.15) is 5.56 Å². The molecule has 0 unspecified atom stereocenters. The van der Waals surface area contributed by atoms with Crippen LogP contribution in [0.4, 0.5) is 10.1 Å². The lowest BCUT2D eigenvalue weighted by Crippen LogP contribution is -1.98. The lowest BCUT2D eigenvalue weighted by molar-refractivity contribution is 0.624. The van der Waals surface area contributed by atoms with Gasteiger partial charge >= 0.3 is 0 Å². The topological polar surface area (TPSA) is 38.0 Å². The van der Waals surface area contributed by atoms with Crippen LogP contribution in [0.3, 0.4) is 0 Å². The van der Waals surface area contributed by atoms with Crippen molar-refractivity contribution in [1.29, 1.82) is 0 Å². The number of hydrogen-bond donors (Lipinski definition) is 2. The molecule has 2 nitrogen and oxygen atoms in total. The van der Waals surface area contributed by atoms with Gasteiger partial charge in [0.05, 0.1) is 0 Å². The summed E-state index contributed by atoms with van der Waals surface area (Å²) in [6.45, 7) is 3.46. The monoisotopic (exact) mass is 166 g/mol. The molecule has 0 spiro atoms. The van der Waals surface area contributed by atoms with Crippen molar-refractivity contribution >= 4 is 11.4 Å². The highest BCUT2D eigenvalue weighted by atomic mass is 19.1. The molecule has 0 aliphatic carbocycles. The first-order chi connectivity index (χ1) is 5.65. The Bertz CT molecular complexity index is 307. The van der Waals surface area contributed by atoms with E-state index in [1.54, 1.807) is 19.2 Å². The number of anilines is 1. The fraction of sp³-hybridized carbons (Fsp3) is 0.111. The number of nitrogens with two attached hydrogens (primary N) is 1. The summed E-state index contributed by atoms with van der Waals surface area (Å²) in [5.41, 5.74) is 6.67. The summed E-state index contributed by atoms with van der Waals surface area (Å²) in [6, 6.07) is 4.73. The van der Waals surface area contributed by atoms with Crippen LogP contribution in [0.2, 0.25) is 0 Å². The molecule has 0 radical (unpaired) electrons. The molecule has 3 N–H and O–H groups in total. The van der Waals surface area contributed by atoms with E-state index in [4.69, 9.17) is 5.73 Å². The van der Waals surface area contributed by atoms with Crippen molar-refractivity contribution < 1.29 is 4.39 Å². The normalized spacial score (nSPS) is 9.50. The maximum atomic E-state index is 13.1. The van der Waals surface area contributed by atoms with Gasteiger partial charge in [0.1, 0.15) is 5.82 Å². The molecule has 0 aromatic heterocycles. The van der Waals surface area contributed by atoms with Gasteiger partial charge in [-0.15, -0.1) is 0 Å². The average molecular weight is 166 g/mol. The van der Waals surface area contributed by atoms with Gasteiger partial charge in [0.15, 0.2) is 0 Å². The quantitative estimate of drug-likeness (QED) is 0.703. The lowest BCUT2D eigenvalue weighted by atomic mass is 10.1. The summed E-state index contributed by atoms with van der Waals surface area (Å²) >= 11 is 0. The Morgan fingerprint density at radius 1 is 1.58 bits per heavy atom. The summed E-state index contributed by atoms with van der Waals surface area (Å²) < 4.78 is 13.1. The van der Waals surface area contributed by atoms with Gasteiger partial charge in [-0.1, -0.05) is 6.58 Å². The number of halogens is 1. The van der Waals surface area contributed by atoms with E-state index >= 15 is 0 Å². The first-order valence-corrected chi connectivity index (χ1v) is 3.57. The summed E-state index contributed by atoms with van der Waals surface area (Å²) in [5.74, 6) is -0.352. The molecule has 1 rings (SSSR count). The molecule has 0 amide bonds. The van der Waals surface area contributed by atoms with Crippen molar-refractivity contribution in [3.8, 4) is 0 Å². The van der Waals surface area contributed by atoms with Gasteiger partial charge < -0.3 is 11.1 Å². The fourth-order valence-corrected chi connectivity index (χ4v) is 0.931. The van der Waals surface area contributed by atoms with Crippen molar-refractivity contribution in [3.63, 3.8) is 0 Å². The van der Waals surface area contributed by atoms with Crippen LogP contribution in [0.5, 0.6) is 0 Å². The molecule has 0 aliphatic heterocycles. The van der Waals surface area contributed by atoms with Gasteiger partial charge in [0.25, 0.3) is 0 Å². The average Bonchev–Trinajstić information content (AvgIpc) is 2.03. The van der Waals surface area contributed by atoms with Crippen molar-refractivity contribution in [3.05, 3.63) is 36.2 Å². The molecule has 3 heteroatoms. The van der Waals surface area contributed by atoms with Crippen molar-refractivity contribution in [2.24, 2.45) is 5.73 Å². The summed E-state index contributed by atoms with van der Waals surface area (Å²) in [6.07, 6.45) is 0. The van der Waals surface area contributed by atoms with Crippen molar-refractivity contribution in [2.45, 2.75) is 0 Å². The van der Waals surface area contributed by atoms with Crippen LogP contribution >= 0.6 is 0 Å². The van der Waals surface area contributed by atoms with Gasteiger partial charge in [0, 0.05) is 24.0 Å². The van der Waals surface area contributed by atoms with E-state index in [0.29, 0.717) is 5.56 Å². The molecule has 0 saturated carbocycles. The first-order valence-electron chi connectivity index (χ1n) is 3.57. The molecule has 0 saturated heterocycles. The predicted octanol–water partition coefficient (Wildman–Crippen LogP) is 1.80. The van der Waals surface area contributed by atoms with Crippen LogP contribution in [0, 0.1) is 5.82 Å². The zero-order valence-corrected chi connectivity index (χ0v) is 6.89. The third kappa shape index (κ3) is 1.56. The second-order valence-corrected chi connectivity index (χ2v) is 2.47.